The molecule has 3 fully saturated rings. The molecule has 2 aromatic rings. The number of hydrogen-bond acceptors (Lipinski definition) is 12. The van der Waals surface area contributed by atoms with E-state index in [-0.39, 0.29) is 56.3 Å². The average Bonchev–Trinajstić information content (AvgIpc) is 3.47. The van der Waals surface area contributed by atoms with Crippen molar-refractivity contribution in [2.45, 2.75) is 62.4 Å². The smallest absolute Gasteiger partial charge is 0.260 e. The molecule has 2 unspecified atom stereocenters. The average molecular weight is 742 g/mol. The zero-order chi connectivity index (χ0) is 36.3. The number of carbonyl (C=O) groups is 4. The number of nitrogens with zero attached hydrogens (tertiary/aromatic N) is 6. The van der Waals surface area contributed by atoms with Gasteiger partial charge in [0.1, 0.15) is 11.8 Å². The number of aromatic nitrogens is 2. The summed E-state index contributed by atoms with van der Waals surface area (Å²) in [7, 11) is -2.09. The molecule has 0 radical (unpaired) electrons. The van der Waals surface area contributed by atoms with E-state index in [0.717, 1.165) is 0 Å². The first-order valence-corrected chi connectivity index (χ1v) is 18.7. The molecule has 4 amide bonds. The fourth-order valence-electron chi connectivity index (χ4n) is 6.94. The van der Waals surface area contributed by atoms with Gasteiger partial charge in [-0.2, -0.15) is 0 Å². The quantitative estimate of drug-likeness (QED) is 0.233. The van der Waals surface area contributed by atoms with E-state index in [1.807, 2.05) is 0 Å². The van der Waals surface area contributed by atoms with E-state index in [4.69, 9.17) is 22.1 Å². The molecule has 272 valence electrons. The van der Waals surface area contributed by atoms with Gasteiger partial charge in [-0.15, -0.1) is 0 Å². The minimum atomic E-state index is -3.70. The number of likely N-dealkylation sites (tertiary alicyclic amines) is 1. The van der Waals surface area contributed by atoms with E-state index in [9.17, 15) is 27.6 Å². The fraction of sp³-hybridized carbons (Fsp3) is 0.485. The number of piperidine rings is 3. The minimum absolute atomic E-state index is 0.0524. The summed E-state index contributed by atoms with van der Waals surface area (Å²) >= 11 is 6.28. The van der Waals surface area contributed by atoms with E-state index in [1.165, 1.54) is 26.5 Å². The second kappa shape index (κ2) is 15.3. The standard InChI is InChI=1S/C33H40ClN9O7S/c1-36-15-20(14-35)30-25(34)16-37-33(40-30)38-21-9-12-42(13-10-21)51(48,49)22-4-3-11-41(17-22)29(45)19-50-27-6-2-5-23-24(27)18-43(32(23)47)26-7-8-28(44)39-31(26)46/h2,5-6,14-16,21-22,26H,3-4,7-13,17-19,35H2,1H3,(H,37,38,40)(H,39,44,46)/b20-14+,36-15?. The second-order valence-corrected chi connectivity index (χ2v) is 15.5. The molecule has 0 aliphatic carbocycles. The number of amides is 4. The number of nitrogens with two attached hydrogens (primary N) is 1. The Morgan fingerprint density at radius 1 is 1.18 bits per heavy atom. The molecule has 16 nitrogen and oxygen atoms in total. The van der Waals surface area contributed by atoms with Gasteiger partial charge in [0.25, 0.3) is 11.8 Å². The number of allylic oxidation sites excluding steroid dienone is 1. The lowest BCUT2D eigenvalue weighted by molar-refractivity contribution is -0.137. The number of fused-ring (bicyclic) bond motifs is 1. The first-order chi connectivity index (χ1) is 24.5. The van der Waals surface area contributed by atoms with Gasteiger partial charge >= 0.3 is 0 Å². The highest BCUT2D eigenvalue weighted by Crippen LogP contribution is 2.34. The number of nitrogens with one attached hydrogen (secondary N) is 2. The van der Waals surface area contributed by atoms with E-state index in [0.29, 0.717) is 84.4 Å². The van der Waals surface area contributed by atoms with Gasteiger partial charge in [0, 0.05) is 74.8 Å². The van der Waals surface area contributed by atoms with Crippen LogP contribution < -0.4 is 21.1 Å². The number of halogens is 1. The van der Waals surface area contributed by atoms with Crippen molar-refractivity contribution >= 4 is 63.0 Å². The predicted octanol–water partition coefficient (Wildman–Crippen LogP) is 1.17. The molecular formula is C33H40ClN9O7S. The van der Waals surface area contributed by atoms with Crippen molar-refractivity contribution < 1.29 is 32.3 Å². The van der Waals surface area contributed by atoms with Crippen molar-refractivity contribution in [1.29, 1.82) is 0 Å². The van der Waals surface area contributed by atoms with Gasteiger partial charge in [-0.1, -0.05) is 17.7 Å². The van der Waals surface area contributed by atoms with Crippen LogP contribution >= 0.6 is 11.6 Å². The van der Waals surface area contributed by atoms with Gasteiger partial charge in [0.05, 0.1) is 28.7 Å². The number of rotatable bonds is 10. The SMILES string of the molecule is CN=C/C(=C\N)c1nc(NC2CCN(S(=O)(=O)C3CCCN(C(=O)COc4cccc5c4CN(C4CCC(=O)NC4=O)C5=O)C3)CC2)ncc1Cl. The first kappa shape index (κ1) is 36.2. The maximum absolute atomic E-state index is 13.7. The predicted molar refractivity (Wildman–Crippen MR) is 188 cm³/mol. The lowest BCUT2D eigenvalue weighted by Gasteiger charge is -2.38. The molecule has 0 spiro atoms. The molecule has 5 heterocycles. The molecule has 6 rings (SSSR count). The summed E-state index contributed by atoms with van der Waals surface area (Å²) < 4.78 is 34.9. The van der Waals surface area contributed by atoms with Crippen LogP contribution in [0.3, 0.4) is 0 Å². The summed E-state index contributed by atoms with van der Waals surface area (Å²) in [6, 6.07) is 4.10. The molecule has 18 heteroatoms. The minimum Gasteiger partial charge on any atom is -0.483 e. The third-order valence-electron chi connectivity index (χ3n) is 9.65. The van der Waals surface area contributed by atoms with Crippen LogP contribution in [0.1, 0.15) is 60.1 Å². The number of anilines is 1. The Morgan fingerprint density at radius 2 is 1.96 bits per heavy atom. The normalized spacial score (nSPS) is 22.3. The Balaban J connectivity index is 1.02. The number of carbonyl (C=O) groups excluding carboxylic acids is 4. The van der Waals surface area contributed by atoms with Gasteiger partial charge in [-0.25, -0.2) is 22.7 Å². The lowest BCUT2D eigenvalue weighted by atomic mass is 10.0. The third-order valence-corrected chi connectivity index (χ3v) is 12.2. The van der Waals surface area contributed by atoms with Crippen LogP contribution in [0.4, 0.5) is 5.95 Å². The van der Waals surface area contributed by atoms with Crippen LogP contribution in [0, 0.1) is 0 Å². The Labute approximate surface area is 300 Å². The van der Waals surface area contributed by atoms with E-state index in [1.54, 1.807) is 31.5 Å². The summed E-state index contributed by atoms with van der Waals surface area (Å²) in [6.45, 7) is 0.834. The molecule has 1 aromatic heterocycles. The second-order valence-electron chi connectivity index (χ2n) is 12.8. The fourth-order valence-corrected chi connectivity index (χ4v) is 9.11. The van der Waals surface area contributed by atoms with E-state index in [2.05, 4.69) is 25.6 Å². The van der Waals surface area contributed by atoms with Crippen LogP contribution in [-0.2, 0) is 31.0 Å². The highest BCUT2D eigenvalue weighted by Gasteiger charge is 2.41. The monoisotopic (exact) mass is 741 g/mol. The van der Waals surface area contributed by atoms with Crippen molar-refractivity contribution in [3.63, 3.8) is 0 Å². The van der Waals surface area contributed by atoms with Crippen molar-refractivity contribution in [3.05, 3.63) is 52.4 Å². The summed E-state index contributed by atoms with van der Waals surface area (Å²) in [6.07, 6.45) is 6.79. The van der Waals surface area contributed by atoms with Crippen LogP contribution in [-0.4, -0.2) is 120 Å². The van der Waals surface area contributed by atoms with Crippen LogP contribution in [0.15, 0.2) is 35.6 Å². The number of aliphatic imine (C=N–C) groups is 1. The summed E-state index contributed by atoms with van der Waals surface area (Å²) in [4.78, 5) is 66.2. The maximum atomic E-state index is 13.7. The topological polar surface area (TPSA) is 210 Å². The summed E-state index contributed by atoms with van der Waals surface area (Å²) in [5, 5.41) is 5.14. The lowest BCUT2D eigenvalue weighted by Crippen LogP contribution is -2.52. The van der Waals surface area contributed by atoms with Gasteiger partial charge in [-0.3, -0.25) is 29.5 Å². The van der Waals surface area contributed by atoms with Crippen molar-refractivity contribution in [1.82, 2.24) is 29.4 Å². The molecule has 3 saturated heterocycles. The number of ether oxygens (including phenoxy) is 1. The van der Waals surface area contributed by atoms with Gasteiger partial charge < -0.3 is 25.6 Å². The Morgan fingerprint density at radius 3 is 2.69 bits per heavy atom. The van der Waals surface area contributed by atoms with Crippen molar-refractivity contribution in [3.8, 4) is 5.75 Å². The Kier molecular flexibility index (Phi) is 10.9. The van der Waals surface area contributed by atoms with Gasteiger partial charge in [0.15, 0.2) is 6.61 Å². The molecule has 4 N–H and O–H groups in total. The molecule has 1 aromatic carbocycles. The molecule has 4 aliphatic rings. The van der Waals surface area contributed by atoms with E-state index >= 15 is 0 Å². The summed E-state index contributed by atoms with van der Waals surface area (Å²) in [5.74, 6) is -0.896. The number of hydrogen-bond donors (Lipinski definition) is 3. The molecule has 4 aliphatic heterocycles. The summed E-state index contributed by atoms with van der Waals surface area (Å²) in [5.41, 5.74) is 7.62. The van der Waals surface area contributed by atoms with Crippen LogP contribution in [0.25, 0.3) is 5.57 Å². The number of imide groups is 1. The Bertz CT molecular complexity index is 1880. The highest BCUT2D eigenvalue weighted by molar-refractivity contribution is 7.89. The third kappa shape index (κ3) is 7.69. The largest absolute Gasteiger partial charge is 0.483 e. The van der Waals surface area contributed by atoms with Crippen molar-refractivity contribution in [2.24, 2.45) is 10.7 Å². The molecule has 51 heavy (non-hydrogen) atoms. The highest BCUT2D eigenvalue weighted by atomic mass is 35.5. The molecule has 0 bridgehead atoms. The maximum Gasteiger partial charge on any atom is 0.260 e. The van der Waals surface area contributed by atoms with Crippen LogP contribution in [0.2, 0.25) is 5.02 Å². The van der Waals surface area contributed by atoms with Crippen LogP contribution in [0.5, 0.6) is 5.75 Å². The van der Waals surface area contributed by atoms with Gasteiger partial charge in [-0.05, 0) is 44.2 Å². The first-order valence-electron chi connectivity index (χ1n) is 16.8. The zero-order valence-electron chi connectivity index (χ0n) is 28.1. The number of sulfonamides is 1. The van der Waals surface area contributed by atoms with Crippen molar-refractivity contribution in [2.75, 3.05) is 45.2 Å². The van der Waals surface area contributed by atoms with E-state index < -0.39 is 27.2 Å². The Hall–Kier alpha value is -4.61. The number of benzene rings is 1. The molecule has 0 saturated carbocycles. The zero-order valence-corrected chi connectivity index (χ0v) is 29.7. The molecular weight excluding hydrogens is 702 g/mol. The molecule has 2 atom stereocenters. The van der Waals surface area contributed by atoms with Gasteiger partial charge in [0.2, 0.25) is 27.8 Å².